The molecular formula is C14H21N7O2. The van der Waals surface area contributed by atoms with E-state index < -0.39 is 0 Å². The highest BCUT2D eigenvalue weighted by Gasteiger charge is 2.26. The number of aryl methyl sites for hydroxylation is 3. The molecule has 124 valence electrons. The first-order chi connectivity index (χ1) is 11.0. The van der Waals surface area contributed by atoms with Crippen molar-refractivity contribution in [1.82, 2.24) is 30.3 Å². The van der Waals surface area contributed by atoms with Gasteiger partial charge in [-0.25, -0.2) is 4.98 Å². The SMILES string of the molecule is Cc1nc([C@@H]2CN(CC(=O)Nc3c(C)n[nH]c3C)CCO2)n[nH]1. The average molecular weight is 319 g/mol. The minimum atomic E-state index is -0.209. The van der Waals surface area contributed by atoms with E-state index in [2.05, 4.69) is 30.7 Å². The van der Waals surface area contributed by atoms with E-state index in [-0.39, 0.29) is 12.0 Å². The van der Waals surface area contributed by atoms with Gasteiger partial charge in [-0.05, 0) is 20.8 Å². The van der Waals surface area contributed by atoms with Crippen LogP contribution in [0.15, 0.2) is 0 Å². The minimum absolute atomic E-state index is 0.0654. The third-order valence-electron chi connectivity index (χ3n) is 3.81. The molecule has 1 saturated heterocycles. The number of aromatic amines is 2. The molecular weight excluding hydrogens is 298 g/mol. The van der Waals surface area contributed by atoms with Crippen LogP contribution in [0.4, 0.5) is 5.69 Å². The fraction of sp³-hybridized carbons (Fsp3) is 0.571. The highest BCUT2D eigenvalue weighted by Crippen LogP contribution is 2.19. The van der Waals surface area contributed by atoms with Gasteiger partial charge < -0.3 is 10.1 Å². The van der Waals surface area contributed by atoms with Crippen molar-refractivity contribution < 1.29 is 9.53 Å². The smallest absolute Gasteiger partial charge is 0.238 e. The summed E-state index contributed by atoms with van der Waals surface area (Å²) in [5, 5.41) is 16.8. The number of hydrogen-bond donors (Lipinski definition) is 3. The zero-order valence-electron chi connectivity index (χ0n) is 13.5. The molecule has 1 aliphatic heterocycles. The number of aromatic nitrogens is 5. The Morgan fingerprint density at radius 2 is 2.17 bits per heavy atom. The summed E-state index contributed by atoms with van der Waals surface area (Å²) in [5.41, 5.74) is 2.39. The molecule has 0 aliphatic carbocycles. The second kappa shape index (κ2) is 6.47. The zero-order chi connectivity index (χ0) is 16.4. The number of anilines is 1. The van der Waals surface area contributed by atoms with E-state index in [1.54, 1.807) is 0 Å². The quantitative estimate of drug-likeness (QED) is 0.755. The van der Waals surface area contributed by atoms with Gasteiger partial charge in [0.1, 0.15) is 11.9 Å². The number of ether oxygens (including phenoxy) is 1. The van der Waals surface area contributed by atoms with Crippen molar-refractivity contribution in [2.75, 3.05) is 31.6 Å². The standard InChI is InChI=1S/C14H21N7O2/c1-8-13(9(2)18-17-8)16-12(22)7-21-4-5-23-11(6-21)14-15-10(3)19-20-14/h11H,4-7H2,1-3H3,(H,16,22)(H,17,18)(H,15,19,20)/t11-/m0/s1. The lowest BCUT2D eigenvalue weighted by atomic mass is 10.2. The van der Waals surface area contributed by atoms with Crippen LogP contribution in [-0.2, 0) is 9.53 Å². The topological polar surface area (TPSA) is 112 Å². The fourth-order valence-corrected chi connectivity index (χ4v) is 2.62. The molecule has 0 bridgehead atoms. The molecule has 0 spiro atoms. The molecule has 1 aliphatic rings. The summed E-state index contributed by atoms with van der Waals surface area (Å²) in [5.74, 6) is 1.32. The fourth-order valence-electron chi connectivity index (χ4n) is 2.62. The summed E-state index contributed by atoms with van der Waals surface area (Å²) in [6, 6.07) is 0. The van der Waals surface area contributed by atoms with Gasteiger partial charge in [-0.1, -0.05) is 0 Å². The minimum Gasteiger partial charge on any atom is -0.367 e. The molecule has 3 heterocycles. The Kier molecular flexibility index (Phi) is 4.39. The Morgan fingerprint density at radius 3 is 2.83 bits per heavy atom. The van der Waals surface area contributed by atoms with Gasteiger partial charge in [0.15, 0.2) is 5.82 Å². The van der Waals surface area contributed by atoms with E-state index in [1.165, 1.54) is 0 Å². The molecule has 0 aromatic carbocycles. The number of H-pyrrole nitrogens is 2. The van der Waals surface area contributed by atoms with E-state index in [0.717, 1.165) is 22.9 Å². The maximum atomic E-state index is 12.3. The first-order valence-electron chi connectivity index (χ1n) is 7.57. The average Bonchev–Trinajstić information content (AvgIpc) is 3.08. The molecule has 1 fully saturated rings. The summed E-state index contributed by atoms with van der Waals surface area (Å²) >= 11 is 0. The van der Waals surface area contributed by atoms with Crippen LogP contribution in [0.2, 0.25) is 0 Å². The van der Waals surface area contributed by atoms with Crippen LogP contribution in [0.3, 0.4) is 0 Å². The van der Waals surface area contributed by atoms with Gasteiger partial charge in [-0.3, -0.25) is 19.9 Å². The van der Waals surface area contributed by atoms with Crippen molar-refractivity contribution in [3.63, 3.8) is 0 Å². The summed E-state index contributed by atoms with van der Waals surface area (Å²) < 4.78 is 5.70. The third kappa shape index (κ3) is 3.57. The number of amides is 1. The van der Waals surface area contributed by atoms with Crippen molar-refractivity contribution in [1.29, 1.82) is 0 Å². The molecule has 3 rings (SSSR count). The van der Waals surface area contributed by atoms with Crippen LogP contribution in [0.25, 0.3) is 0 Å². The summed E-state index contributed by atoms with van der Waals surface area (Å²) in [4.78, 5) is 18.6. The maximum Gasteiger partial charge on any atom is 0.238 e. The van der Waals surface area contributed by atoms with Crippen LogP contribution < -0.4 is 5.32 Å². The van der Waals surface area contributed by atoms with Crippen LogP contribution in [0.1, 0.15) is 29.1 Å². The predicted molar refractivity (Wildman–Crippen MR) is 82.9 cm³/mol. The molecule has 1 atom stereocenters. The molecule has 2 aromatic heterocycles. The number of carbonyl (C=O) groups excluding carboxylic acids is 1. The normalized spacial score (nSPS) is 19.0. The lowest BCUT2D eigenvalue weighted by Gasteiger charge is -2.30. The van der Waals surface area contributed by atoms with Gasteiger partial charge in [-0.2, -0.15) is 10.2 Å². The molecule has 9 nitrogen and oxygen atoms in total. The van der Waals surface area contributed by atoms with Gasteiger partial charge in [-0.15, -0.1) is 0 Å². The first kappa shape index (κ1) is 15.6. The Morgan fingerprint density at radius 1 is 1.35 bits per heavy atom. The van der Waals surface area contributed by atoms with Crippen molar-refractivity contribution in [3.8, 4) is 0 Å². The van der Waals surface area contributed by atoms with E-state index in [0.29, 0.717) is 32.1 Å². The highest BCUT2D eigenvalue weighted by atomic mass is 16.5. The van der Waals surface area contributed by atoms with Crippen LogP contribution in [0, 0.1) is 20.8 Å². The van der Waals surface area contributed by atoms with Crippen molar-refractivity contribution in [2.45, 2.75) is 26.9 Å². The Hall–Kier alpha value is -2.26. The van der Waals surface area contributed by atoms with E-state index in [9.17, 15) is 4.79 Å². The first-order valence-corrected chi connectivity index (χ1v) is 7.57. The summed E-state index contributed by atoms with van der Waals surface area (Å²) in [6.45, 7) is 7.73. The van der Waals surface area contributed by atoms with Crippen LogP contribution in [0.5, 0.6) is 0 Å². The lowest BCUT2D eigenvalue weighted by Crippen LogP contribution is -2.42. The van der Waals surface area contributed by atoms with Crippen LogP contribution in [-0.4, -0.2) is 62.4 Å². The molecule has 0 unspecified atom stereocenters. The highest BCUT2D eigenvalue weighted by molar-refractivity contribution is 5.93. The number of rotatable bonds is 4. The Labute approximate surface area is 133 Å². The second-order valence-corrected chi connectivity index (χ2v) is 5.73. The summed E-state index contributed by atoms with van der Waals surface area (Å²) in [7, 11) is 0. The van der Waals surface area contributed by atoms with E-state index in [4.69, 9.17) is 4.74 Å². The van der Waals surface area contributed by atoms with Gasteiger partial charge in [0.05, 0.1) is 30.2 Å². The molecule has 1 amide bonds. The molecule has 3 N–H and O–H groups in total. The van der Waals surface area contributed by atoms with Gasteiger partial charge in [0.2, 0.25) is 5.91 Å². The molecule has 2 aromatic rings. The Bertz CT molecular complexity index is 674. The third-order valence-corrected chi connectivity index (χ3v) is 3.81. The van der Waals surface area contributed by atoms with Crippen molar-refractivity contribution >= 4 is 11.6 Å². The molecule has 0 saturated carbocycles. The van der Waals surface area contributed by atoms with Gasteiger partial charge in [0.25, 0.3) is 0 Å². The van der Waals surface area contributed by atoms with Crippen molar-refractivity contribution in [2.24, 2.45) is 0 Å². The number of hydrogen-bond acceptors (Lipinski definition) is 6. The van der Waals surface area contributed by atoms with E-state index >= 15 is 0 Å². The largest absolute Gasteiger partial charge is 0.367 e. The number of morpholine rings is 1. The van der Waals surface area contributed by atoms with Gasteiger partial charge >= 0.3 is 0 Å². The van der Waals surface area contributed by atoms with Crippen molar-refractivity contribution in [3.05, 3.63) is 23.0 Å². The zero-order valence-corrected chi connectivity index (χ0v) is 13.5. The maximum absolute atomic E-state index is 12.3. The summed E-state index contributed by atoms with van der Waals surface area (Å²) in [6.07, 6.45) is -0.209. The molecule has 23 heavy (non-hydrogen) atoms. The monoisotopic (exact) mass is 319 g/mol. The number of nitrogens with one attached hydrogen (secondary N) is 3. The number of nitrogens with zero attached hydrogens (tertiary/aromatic N) is 4. The number of carbonyl (C=O) groups is 1. The second-order valence-electron chi connectivity index (χ2n) is 5.73. The lowest BCUT2D eigenvalue weighted by molar-refractivity contribution is -0.119. The molecule has 9 heteroatoms. The van der Waals surface area contributed by atoms with Gasteiger partial charge in [0, 0.05) is 13.1 Å². The predicted octanol–water partition coefficient (Wildman–Crippen LogP) is 0.465. The van der Waals surface area contributed by atoms with Crippen LogP contribution >= 0.6 is 0 Å². The Balaban J connectivity index is 1.58. The molecule has 0 radical (unpaired) electrons. The van der Waals surface area contributed by atoms with E-state index in [1.807, 2.05) is 25.7 Å².